The number of pyridine rings is 1. The third kappa shape index (κ3) is 4.29. The fourth-order valence-corrected chi connectivity index (χ4v) is 3.36. The van der Waals surface area contributed by atoms with Gasteiger partial charge in [0.2, 0.25) is 0 Å². The molecule has 1 fully saturated rings. The molecule has 1 N–H and O–H groups in total. The summed E-state index contributed by atoms with van der Waals surface area (Å²) in [7, 11) is 2.29. The van der Waals surface area contributed by atoms with Crippen LogP contribution >= 0.6 is 0 Å². The monoisotopic (exact) mass is 275 g/mol. The zero-order chi connectivity index (χ0) is 14.4. The van der Waals surface area contributed by atoms with Gasteiger partial charge in [-0.25, -0.2) is 0 Å². The highest BCUT2D eigenvalue weighted by Crippen LogP contribution is 2.27. The van der Waals surface area contributed by atoms with Gasteiger partial charge in [0.25, 0.3) is 0 Å². The van der Waals surface area contributed by atoms with E-state index in [-0.39, 0.29) is 0 Å². The first kappa shape index (κ1) is 15.5. The van der Waals surface area contributed by atoms with Gasteiger partial charge in [-0.15, -0.1) is 0 Å². The van der Waals surface area contributed by atoms with Crippen molar-refractivity contribution < 1.29 is 0 Å². The van der Waals surface area contributed by atoms with Gasteiger partial charge in [0.05, 0.1) is 0 Å². The van der Waals surface area contributed by atoms with Crippen molar-refractivity contribution in [2.24, 2.45) is 5.92 Å². The first-order valence-electron chi connectivity index (χ1n) is 8.03. The second-order valence-corrected chi connectivity index (χ2v) is 6.24. The van der Waals surface area contributed by atoms with Crippen molar-refractivity contribution in [2.75, 3.05) is 20.1 Å². The van der Waals surface area contributed by atoms with Gasteiger partial charge >= 0.3 is 0 Å². The summed E-state index contributed by atoms with van der Waals surface area (Å²) in [5.41, 5.74) is 1.38. The van der Waals surface area contributed by atoms with Gasteiger partial charge in [-0.2, -0.15) is 0 Å². The average Bonchev–Trinajstić information content (AvgIpc) is 2.48. The highest BCUT2D eigenvalue weighted by molar-refractivity contribution is 5.10. The molecule has 0 saturated heterocycles. The SMILES string of the molecule is CCNC1CCC(C)CC1N(C)CCc1ccncc1. The minimum Gasteiger partial charge on any atom is -0.313 e. The zero-order valence-electron chi connectivity index (χ0n) is 13.2. The minimum absolute atomic E-state index is 0.665. The lowest BCUT2D eigenvalue weighted by Crippen LogP contribution is -2.52. The van der Waals surface area contributed by atoms with E-state index in [1.807, 2.05) is 12.4 Å². The highest BCUT2D eigenvalue weighted by Gasteiger charge is 2.30. The molecule has 0 aromatic carbocycles. The van der Waals surface area contributed by atoms with Crippen molar-refractivity contribution in [1.29, 1.82) is 0 Å². The standard InChI is InChI=1S/C17H29N3/c1-4-19-16-6-5-14(2)13-17(16)20(3)12-9-15-7-10-18-11-8-15/h7-8,10-11,14,16-17,19H,4-6,9,12-13H2,1-3H3. The quantitative estimate of drug-likeness (QED) is 0.865. The zero-order valence-corrected chi connectivity index (χ0v) is 13.2. The molecular weight excluding hydrogens is 246 g/mol. The topological polar surface area (TPSA) is 28.2 Å². The second-order valence-electron chi connectivity index (χ2n) is 6.24. The van der Waals surface area contributed by atoms with E-state index in [9.17, 15) is 0 Å². The van der Waals surface area contributed by atoms with Crippen molar-refractivity contribution in [3.05, 3.63) is 30.1 Å². The summed E-state index contributed by atoms with van der Waals surface area (Å²) in [6.45, 7) is 6.81. The molecule has 1 aliphatic rings. The predicted molar refractivity (Wildman–Crippen MR) is 84.8 cm³/mol. The Morgan fingerprint density at radius 1 is 1.30 bits per heavy atom. The smallest absolute Gasteiger partial charge is 0.0270 e. The molecule has 0 bridgehead atoms. The molecule has 112 valence electrons. The van der Waals surface area contributed by atoms with Crippen molar-refractivity contribution in [1.82, 2.24) is 15.2 Å². The molecule has 20 heavy (non-hydrogen) atoms. The van der Waals surface area contributed by atoms with Gasteiger partial charge in [0.1, 0.15) is 0 Å². The first-order valence-corrected chi connectivity index (χ1v) is 8.03. The van der Waals surface area contributed by atoms with Gasteiger partial charge in [-0.05, 0) is 62.9 Å². The lowest BCUT2D eigenvalue weighted by atomic mass is 9.82. The van der Waals surface area contributed by atoms with Crippen LogP contribution in [0.5, 0.6) is 0 Å². The maximum absolute atomic E-state index is 4.09. The fourth-order valence-electron chi connectivity index (χ4n) is 3.36. The average molecular weight is 275 g/mol. The van der Waals surface area contributed by atoms with E-state index in [4.69, 9.17) is 0 Å². The molecule has 0 aliphatic heterocycles. The molecule has 3 nitrogen and oxygen atoms in total. The fraction of sp³-hybridized carbons (Fsp3) is 0.706. The van der Waals surface area contributed by atoms with Gasteiger partial charge in [-0.1, -0.05) is 13.8 Å². The van der Waals surface area contributed by atoms with E-state index in [0.717, 1.165) is 25.4 Å². The molecule has 3 heteroatoms. The summed E-state index contributed by atoms with van der Waals surface area (Å²) in [6, 6.07) is 5.59. The molecule has 1 aliphatic carbocycles. The Bertz CT molecular complexity index is 379. The van der Waals surface area contributed by atoms with E-state index in [1.54, 1.807) is 0 Å². The van der Waals surface area contributed by atoms with Crippen LogP contribution in [0.2, 0.25) is 0 Å². The summed E-state index contributed by atoms with van der Waals surface area (Å²) in [5.74, 6) is 0.860. The summed E-state index contributed by atoms with van der Waals surface area (Å²) >= 11 is 0. The number of aromatic nitrogens is 1. The Kier molecular flexibility index (Phi) is 5.99. The number of nitrogens with one attached hydrogen (secondary N) is 1. The molecule has 1 saturated carbocycles. The van der Waals surface area contributed by atoms with Crippen LogP contribution in [0, 0.1) is 5.92 Å². The molecule has 3 atom stereocenters. The van der Waals surface area contributed by atoms with Crippen molar-refractivity contribution in [2.45, 2.75) is 51.6 Å². The van der Waals surface area contributed by atoms with Crippen LogP contribution in [-0.2, 0) is 6.42 Å². The molecule has 0 radical (unpaired) electrons. The molecule has 1 heterocycles. The second kappa shape index (κ2) is 7.75. The lowest BCUT2D eigenvalue weighted by Gasteiger charge is -2.41. The van der Waals surface area contributed by atoms with Crippen LogP contribution in [0.3, 0.4) is 0 Å². The molecule has 1 aromatic rings. The summed E-state index contributed by atoms with van der Waals surface area (Å²) in [4.78, 5) is 6.64. The molecule has 2 rings (SSSR count). The number of hydrogen-bond donors (Lipinski definition) is 1. The predicted octanol–water partition coefficient (Wildman–Crippen LogP) is 2.72. The van der Waals surface area contributed by atoms with E-state index in [2.05, 4.69) is 48.2 Å². The number of hydrogen-bond acceptors (Lipinski definition) is 3. The number of likely N-dealkylation sites (N-methyl/N-ethyl adjacent to an activating group) is 2. The van der Waals surface area contributed by atoms with Gasteiger partial charge in [0.15, 0.2) is 0 Å². The van der Waals surface area contributed by atoms with Crippen LogP contribution in [0.1, 0.15) is 38.7 Å². The summed E-state index contributed by atoms with van der Waals surface area (Å²) in [6.07, 6.45) is 8.90. The molecule has 1 aromatic heterocycles. The molecule has 3 unspecified atom stereocenters. The number of rotatable bonds is 6. The Morgan fingerprint density at radius 2 is 2.05 bits per heavy atom. The van der Waals surface area contributed by atoms with Crippen LogP contribution in [0.15, 0.2) is 24.5 Å². The largest absolute Gasteiger partial charge is 0.313 e. The Labute approximate surface area is 123 Å². The maximum Gasteiger partial charge on any atom is 0.0270 e. The molecular formula is C17H29N3. The Balaban J connectivity index is 1.89. The van der Waals surface area contributed by atoms with Gasteiger partial charge in [0, 0.05) is 31.0 Å². The van der Waals surface area contributed by atoms with Crippen LogP contribution < -0.4 is 5.32 Å². The third-order valence-electron chi connectivity index (χ3n) is 4.61. The third-order valence-corrected chi connectivity index (χ3v) is 4.61. The normalized spacial score (nSPS) is 26.9. The van der Waals surface area contributed by atoms with E-state index in [1.165, 1.54) is 24.8 Å². The minimum atomic E-state index is 0.665. The van der Waals surface area contributed by atoms with Gasteiger partial charge in [-0.3, -0.25) is 4.98 Å². The highest BCUT2D eigenvalue weighted by atomic mass is 15.2. The molecule has 0 spiro atoms. The summed E-state index contributed by atoms with van der Waals surface area (Å²) in [5, 5.41) is 3.68. The van der Waals surface area contributed by atoms with E-state index < -0.39 is 0 Å². The Hall–Kier alpha value is -0.930. The van der Waals surface area contributed by atoms with Gasteiger partial charge < -0.3 is 10.2 Å². The van der Waals surface area contributed by atoms with Crippen LogP contribution in [0.4, 0.5) is 0 Å². The maximum atomic E-state index is 4.09. The van der Waals surface area contributed by atoms with Crippen molar-refractivity contribution in [3.8, 4) is 0 Å². The van der Waals surface area contributed by atoms with Crippen LogP contribution in [-0.4, -0.2) is 42.1 Å². The van der Waals surface area contributed by atoms with E-state index in [0.29, 0.717) is 12.1 Å². The van der Waals surface area contributed by atoms with Crippen LogP contribution in [0.25, 0.3) is 0 Å². The lowest BCUT2D eigenvalue weighted by molar-refractivity contribution is 0.126. The molecule has 0 amide bonds. The Morgan fingerprint density at radius 3 is 2.75 bits per heavy atom. The van der Waals surface area contributed by atoms with Crippen molar-refractivity contribution in [3.63, 3.8) is 0 Å². The number of nitrogens with zero attached hydrogens (tertiary/aromatic N) is 2. The first-order chi connectivity index (χ1) is 9.70. The summed E-state index contributed by atoms with van der Waals surface area (Å²) < 4.78 is 0. The van der Waals surface area contributed by atoms with E-state index >= 15 is 0 Å². The van der Waals surface area contributed by atoms with Crippen molar-refractivity contribution >= 4 is 0 Å².